The second-order valence-corrected chi connectivity index (χ2v) is 7.68. The van der Waals surface area contributed by atoms with Crippen LogP contribution >= 0.6 is 0 Å². The predicted molar refractivity (Wildman–Crippen MR) is 82.7 cm³/mol. The van der Waals surface area contributed by atoms with E-state index >= 15 is 0 Å². The Morgan fingerprint density at radius 3 is 2.87 bits per heavy atom. The molecule has 1 saturated heterocycles. The van der Waals surface area contributed by atoms with Gasteiger partial charge in [0.2, 0.25) is 5.91 Å². The van der Waals surface area contributed by atoms with E-state index in [-0.39, 0.29) is 29.8 Å². The average molecular weight is 336 g/mol. The van der Waals surface area contributed by atoms with E-state index in [1.54, 1.807) is 22.8 Å². The van der Waals surface area contributed by atoms with Crippen LogP contribution in [-0.4, -0.2) is 53.9 Å². The highest BCUT2D eigenvalue weighted by molar-refractivity contribution is 7.91. The maximum atomic E-state index is 12.0. The van der Waals surface area contributed by atoms with E-state index < -0.39 is 21.7 Å². The molecule has 3 rings (SSSR count). The van der Waals surface area contributed by atoms with Crippen LogP contribution in [0, 0.1) is 0 Å². The van der Waals surface area contributed by atoms with Crippen LogP contribution < -0.4 is 10.6 Å². The van der Waals surface area contributed by atoms with Crippen molar-refractivity contribution in [3.05, 3.63) is 36.2 Å². The topological polar surface area (TPSA) is 110 Å². The molecule has 0 radical (unpaired) electrons. The summed E-state index contributed by atoms with van der Waals surface area (Å²) in [5.41, 5.74) is 0.991. The molecule has 1 aliphatic heterocycles. The summed E-state index contributed by atoms with van der Waals surface area (Å²) in [7, 11) is -3.05. The fraction of sp³-hybridized carbons (Fsp3) is 0.357. The van der Waals surface area contributed by atoms with Crippen LogP contribution in [0.5, 0.6) is 0 Å². The monoisotopic (exact) mass is 336 g/mol. The first kappa shape index (κ1) is 15.5. The Morgan fingerprint density at radius 2 is 2.17 bits per heavy atom. The number of hydrogen-bond donors (Lipinski definition) is 2. The standard InChI is InChI=1S/C14H16N4O4S/c19-13(16-10-4-6-23(21,22)9-10)8-15-14(20)12-7-11-3-1-2-5-18(11)17-12/h1-3,5,7,10H,4,6,8-9H2,(H,15,20)(H,16,19). The third-order valence-electron chi connectivity index (χ3n) is 3.61. The van der Waals surface area contributed by atoms with Gasteiger partial charge in [0, 0.05) is 12.2 Å². The number of pyridine rings is 1. The number of aromatic nitrogens is 2. The van der Waals surface area contributed by atoms with Crippen molar-refractivity contribution in [2.75, 3.05) is 18.1 Å². The largest absolute Gasteiger partial charge is 0.351 e. The average Bonchev–Trinajstić information content (AvgIpc) is 3.07. The van der Waals surface area contributed by atoms with Gasteiger partial charge in [-0.1, -0.05) is 6.07 Å². The van der Waals surface area contributed by atoms with Crippen molar-refractivity contribution >= 4 is 27.2 Å². The highest BCUT2D eigenvalue weighted by atomic mass is 32.2. The lowest BCUT2D eigenvalue weighted by molar-refractivity contribution is -0.120. The predicted octanol–water partition coefficient (Wildman–Crippen LogP) is -0.633. The number of rotatable bonds is 4. The summed E-state index contributed by atoms with van der Waals surface area (Å²) in [4.78, 5) is 23.8. The van der Waals surface area contributed by atoms with Gasteiger partial charge in [-0.2, -0.15) is 5.10 Å². The maximum absolute atomic E-state index is 12.0. The van der Waals surface area contributed by atoms with Gasteiger partial charge in [-0.25, -0.2) is 12.9 Å². The molecule has 2 aromatic rings. The molecule has 23 heavy (non-hydrogen) atoms. The highest BCUT2D eigenvalue weighted by Gasteiger charge is 2.28. The molecule has 2 amide bonds. The summed E-state index contributed by atoms with van der Waals surface area (Å²) in [6.07, 6.45) is 2.13. The van der Waals surface area contributed by atoms with Crippen LogP contribution in [0.2, 0.25) is 0 Å². The number of carbonyl (C=O) groups excluding carboxylic acids is 2. The van der Waals surface area contributed by atoms with Crippen LogP contribution in [0.15, 0.2) is 30.5 Å². The van der Waals surface area contributed by atoms with Crippen molar-refractivity contribution in [1.29, 1.82) is 0 Å². The zero-order valence-electron chi connectivity index (χ0n) is 12.2. The highest BCUT2D eigenvalue weighted by Crippen LogP contribution is 2.11. The number of amides is 2. The van der Waals surface area contributed by atoms with Crippen LogP contribution in [0.3, 0.4) is 0 Å². The van der Waals surface area contributed by atoms with Crippen LogP contribution in [-0.2, 0) is 14.6 Å². The summed E-state index contributed by atoms with van der Waals surface area (Å²) < 4.78 is 24.2. The molecule has 1 unspecified atom stereocenters. The van der Waals surface area contributed by atoms with E-state index in [4.69, 9.17) is 0 Å². The molecule has 8 nitrogen and oxygen atoms in total. The molecule has 2 aromatic heterocycles. The smallest absolute Gasteiger partial charge is 0.272 e. The molecule has 3 heterocycles. The van der Waals surface area contributed by atoms with Gasteiger partial charge < -0.3 is 10.6 Å². The molecule has 1 fully saturated rings. The Labute approximate surface area is 132 Å². The third-order valence-corrected chi connectivity index (χ3v) is 5.38. The second-order valence-electron chi connectivity index (χ2n) is 5.45. The molecule has 0 aromatic carbocycles. The van der Waals surface area contributed by atoms with Gasteiger partial charge >= 0.3 is 0 Å². The molecule has 122 valence electrons. The summed E-state index contributed by atoms with van der Waals surface area (Å²) in [6, 6.07) is 6.69. The molecule has 9 heteroatoms. The van der Waals surface area contributed by atoms with Crippen LogP contribution in [0.4, 0.5) is 0 Å². The Hall–Kier alpha value is -2.42. The van der Waals surface area contributed by atoms with Gasteiger partial charge in [0.25, 0.3) is 5.91 Å². The summed E-state index contributed by atoms with van der Waals surface area (Å²) in [6.45, 7) is -0.219. The minimum absolute atomic E-state index is 0.0425. The minimum Gasteiger partial charge on any atom is -0.351 e. The van der Waals surface area contributed by atoms with Gasteiger partial charge in [-0.05, 0) is 24.6 Å². The summed E-state index contributed by atoms with van der Waals surface area (Å²) in [5, 5.41) is 9.19. The van der Waals surface area contributed by atoms with Gasteiger partial charge in [0.15, 0.2) is 15.5 Å². The number of nitrogens with one attached hydrogen (secondary N) is 2. The number of hydrogen-bond acceptors (Lipinski definition) is 5. The minimum atomic E-state index is -3.05. The van der Waals surface area contributed by atoms with E-state index in [1.807, 2.05) is 12.1 Å². The zero-order chi connectivity index (χ0) is 16.4. The van der Waals surface area contributed by atoms with Crippen molar-refractivity contribution < 1.29 is 18.0 Å². The molecule has 0 aliphatic carbocycles. The lowest BCUT2D eigenvalue weighted by atomic mass is 10.2. The molecule has 1 atom stereocenters. The maximum Gasteiger partial charge on any atom is 0.272 e. The first-order valence-corrected chi connectivity index (χ1v) is 8.97. The third kappa shape index (κ3) is 3.67. The van der Waals surface area contributed by atoms with Crippen LogP contribution in [0.25, 0.3) is 5.52 Å². The van der Waals surface area contributed by atoms with Crippen molar-refractivity contribution in [3.63, 3.8) is 0 Å². The lowest BCUT2D eigenvalue weighted by Gasteiger charge is -2.10. The number of nitrogens with zero attached hydrogens (tertiary/aromatic N) is 2. The van der Waals surface area contributed by atoms with E-state index in [1.165, 1.54) is 0 Å². The van der Waals surface area contributed by atoms with Crippen molar-refractivity contribution in [3.8, 4) is 0 Å². The van der Waals surface area contributed by atoms with Crippen LogP contribution in [0.1, 0.15) is 16.9 Å². The van der Waals surface area contributed by atoms with Gasteiger partial charge in [-0.15, -0.1) is 0 Å². The molecule has 2 N–H and O–H groups in total. The number of carbonyl (C=O) groups is 2. The van der Waals surface area contributed by atoms with Crippen molar-refractivity contribution in [1.82, 2.24) is 20.2 Å². The van der Waals surface area contributed by atoms with E-state index in [9.17, 15) is 18.0 Å². The Morgan fingerprint density at radius 1 is 1.35 bits per heavy atom. The number of sulfone groups is 1. The molecule has 0 saturated carbocycles. The molecular weight excluding hydrogens is 320 g/mol. The van der Waals surface area contributed by atoms with E-state index in [2.05, 4.69) is 15.7 Å². The first-order valence-electron chi connectivity index (χ1n) is 7.15. The molecule has 0 bridgehead atoms. The van der Waals surface area contributed by atoms with Crippen molar-refractivity contribution in [2.45, 2.75) is 12.5 Å². The first-order chi connectivity index (χ1) is 10.9. The summed E-state index contributed by atoms with van der Waals surface area (Å²) in [5.74, 6) is -0.822. The Balaban J connectivity index is 1.53. The molecule has 0 spiro atoms. The fourth-order valence-electron chi connectivity index (χ4n) is 2.49. The normalized spacial score (nSPS) is 19.6. The summed E-state index contributed by atoms with van der Waals surface area (Å²) >= 11 is 0. The van der Waals surface area contributed by atoms with Gasteiger partial charge in [0.05, 0.1) is 23.6 Å². The van der Waals surface area contributed by atoms with Gasteiger partial charge in [0.1, 0.15) is 0 Å². The van der Waals surface area contributed by atoms with Crippen molar-refractivity contribution in [2.24, 2.45) is 0 Å². The lowest BCUT2D eigenvalue weighted by Crippen LogP contribution is -2.42. The quantitative estimate of drug-likeness (QED) is 0.772. The van der Waals surface area contributed by atoms with E-state index in [0.29, 0.717) is 6.42 Å². The second kappa shape index (κ2) is 5.99. The van der Waals surface area contributed by atoms with Gasteiger partial charge in [-0.3, -0.25) is 9.59 Å². The SMILES string of the molecule is O=C(CNC(=O)c1cc2ccccn2n1)NC1CCS(=O)(=O)C1. The van der Waals surface area contributed by atoms with E-state index in [0.717, 1.165) is 5.52 Å². The molecular formula is C14H16N4O4S. The molecule has 1 aliphatic rings. The Bertz CT molecular complexity index is 826. The Kier molecular flexibility index (Phi) is 4.03. The fourth-order valence-corrected chi connectivity index (χ4v) is 4.16. The zero-order valence-corrected chi connectivity index (χ0v) is 13.0. The number of fused-ring (bicyclic) bond motifs is 1.